The molecule has 3 amide bonds. The third-order valence-corrected chi connectivity index (χ3v) is 5.88. The zero-order chi connectivity index (χ0) is 21.6. The van der Waals surface area contributed by atoms with Gasteiger partial charge in [0.2, 0.25) is 5.91 Å². The largest absolute Gasteiger partial charge is 0.506 e. The Hall–Kier alpha value is -1.85. The van der Waals surface area contributed by atoms with Crippen molar-refractivity contribution in [1.29, 1.82) is 0 Å². The van der Waals surface area contributed by atoms with Crippen LogP contribution in [0, 0.1) is 0 Å². The van der Waals surface area contributed by atoms with E-state index in [1.165, 1.54) is 6.08 Å². The zero-order valence-electron chi connectivity index (χ0n) is 15.1. The van der Waals surface area contributed by atoms with E-state index < -0.39 is 29.6 Å². The summed E-state index contributed by atoms with van der Waals surface area (Å²) in [5.74, 6) is -2.00. The summed E-state index contributed by atoms with van der Waals surface area (Å²) in [4.78, 5) is 48.0. The molecule has 0 atom stereocenters. The van der Waals surface area contributed by atoms with E-state index in [-0.39, 0.29) is 17.1 Å². The molecule has 1 heterocycles. The van der Waals surface area contributed by atoms with Gasteiger partial charge in [-0.2, -0.15) is 0 Å². The molecule has 1 saturated heterocycles. The Morgan fingerprint density at radius 2 is 1.90 bits per heavy atom. The van der Waals surface area contributed by atoms with Crippen molar-refractivity contribution in [1.82, 2.24) is 10.2 Å². The molecule has 0 spiro atoms. The number of nitrogens with one attached hydrogen (secondary N) is 1. The van der Waals surface area contributed by atoms with E-state index in [4.69, 9.17) is 5.11 Å². The number of hydrogen-bond donors (Lipinski definition) is 3. The van der Waals surface area contributed by atoms with Crippen molar-refractivity contribution >= 4 is 72.7 Å². The van der Waals surface area contributed by atoms with Gasteiger partial charge in [-0.15, -0.1) is 0 Å². The highest BCUT2D eigenvalue weighted by Crippen LogP contribution is 2.37. The van der Waals surface area contributed by atoms with Crippen molar-refractivity contribution in [2.75, 3.05) is 13.1 Å². The Morgan fingerprint density at radius 3 is 2.59 bits per heavy atom. The summed E-state index contributed by atoms with van der Waals surface area (Å²) in [5.41, 5.74) is 0.350. The number of aromatic hydroxyl groups is 1. The van der Waals surface area contributed by atoms with Crippen LogP contribution in [0.1, 0.15) is 31.2 Å². The molecule has 11 heteroatoms. The molecule has 1 aromatic carbocycles. The molecule has 8 nitrogen and oxygen atoms in total. The van der Waals surface area contributed by atoms with Gasteiger partial charge in [-0.25, -0.2) is 0 Å². The number of phenols is 1. The molecule has 1 aliphatic heterocycles. The minimum absolute atomic E-state index is 0.0689. The summed E-state index contributed by atoms with van der Waals surface area (Å²) in [5, 5.41) is 20.7. The van der Waals surface area contributed by atoms with Crippen molar-refractivity contribution in [3.8, 4) is 5.75 Å². The van der Waals surface area contributed by atoms with E-state index in [9.17, 15) is 24.3 Å². The standard InChI is InChI=1S/C18H18Br2N2O6S/c19-11-6-10(16(26)12(20)8-11)7-13-17(27)22(18(28)29-13)9-14(23)21-5-3-1-2-4-15(24)25/h6-8,26H,1-5,9H2,(H,21,23)(H,24,25)/b13-7-. The second-order valence-corrected chi connectivity index (χ2v) is 8.91. The predicted molar refractivity (Wildman–Crippen MR) is 115 cm³/mol. The molecule has 0 unspecified atom stereocenters. The third-order valence-electron chi connectivity index (χ3n) is 3.91. The van der Waals surface area contributed by atoms with Crippen LogP contribution in [0.5, 0.6) is 5.75 Å². The maximum atomic E-state index is 12.5. The fourth-order valence-electron chi connectivity index (χ4n) is 2.48. The molecule has 0 aliphatic carbocycles. The monoisotopic (exact) mass is 548 g/mol. The van der Waals surface area contributed by atoms with Gasteiger partial charge in [0.1, 0.15) is 12.3 Å². The maximum absolute atomic E-state index is 12.5. The molecule has 0 aromatic heterocycles. The van der Waals surface area contributed by atoms with E-state index in [1.807, 2.05) is 0 Å². The summed E-state index contributed by atoms with van der Waals surface area (Å²) >= 11 is 7.20. The number of thioether (sulfide) groups is 1. The van der Waals surface area contributed by atoms with Gasteiger partial charge in [0.25, 0.3) is 11.1 Å². The molecule has 1 aliphatic rings. The number of halogens is 2. The van der Waals surface area contributed by atoms with Gasteiger partial charge < -0.3 is 15.5 Å². The number of carboxylic acids is 1. The number of carbonyl (C=O) groups is 4. The van der Waals surface area contributed by atoms with Crippen LogP contribution in [0.2, 0.25) is 0 Å². The lowest BCUT2D eigenvalue weighted by Gasteiger charge is -2.12. The van der Waals surface area contributed by atoms with E-state index in [0.717, 1.165) is 4.90 Å². The second kappa shape index (κ2) is 10.8. The Balaban J connectivity index is 1.92. The number of rotatable bonds is 9. The highest BCUT2D eigenvalue weighted by molar-refractivity contribution is 9.11. The topological polar surface area (TPSA) is 124 Å². The summed E-state index contributed by atoms with van der Waals surface area (Å²) < 4.78 is 1.11. The fourth-order valence-corrected chi connectivity index (χ4v) is 4.57. The first-order valence-corrected chi connectivity index (χ1v) is 11.0. The highest BCUT2D eigenvalue weighted by Gasteiger charge is 2.36. The normalized spacial score (nSPS) is 15.2. The van der Waals surface area contributed by atoms with Gasteiger partial charge in [-0.3, -0.25) is 24.1 Å². The molecular weight excluding hydrogens is 532 g/mol. The van der Waals surface area contributed by atoms with Crippen molar-refractivity contribution < 1.29 is 29.4 Å². The van der Waals surface area contributed by atoms with Gasteiger partial charge in [-0.1, -0.05) is 22.4 Å². The number of amides is 3. The first-order valence-electron chi connectivity index (χ1n) is 8.61. The van der Waals surface area contributed by atoms with Crippen LogP contribution in [0.3, 0.4) is 0 Å². The zero-order valence-corrected chi connectivity index (χ0v) is 19.1. The number of carbonyl (C=O) groups excluding carboxylic acids is 3. The molecule has 1 aromatic rings. The van der Waals surface area contributed by atoms with Gasteiger partial charge in [0.05, 0.1) is 9.38 Å². The van der Waals surface area contributed by atoms with Gasteiger partial charge in [0.15, 0.2) is 0 Å². The highest BCUT2D eigenvalue weighted by atomic mass is 79.9. The molecule has 156 valence electrons. The van der Waals surface area contributed by atoms with Crippen molar-refractivity contribution in [2.45, 2.75) is 25.7 Å². The minimum Gasteiger partial charge on any atom is -0.506 e. The summed E-state index contributed by atoms with van der Waals surface area (Å²) in [7, 11) is 0. The van der Waals surface area contributed by atoms with Crippen molar-refractivity contribution in [3.63, 3.8) is 0 Å². The number of aliphatic carboxylic acids is 1. The van der Waals surface area contributed by atoms with Crippen molar-refractivity contribution in [2.24, 2.45) is 0 Å². The van der Waals surface area contributed by atoms with E-state index in [1.54, 1.807) is 12.1 Å². The Bertz CT molecular complexity index is 874. The van der Waals surface area contributed by atoms with E-state index in [2.05, 4.69) is 37.2 Å². The lowest BCUT2D eigenvalue weighted by Crippen LogP contribution is -2.39. The van der Waals surface area contributed by atoms with Crippen LogP contribution >= 0.6 is 43.6 Å². The second-order valence-electron chi connectivity index (χ2n) is 6.15. The number of hydrogen-bond acceptors (Lipinski definition) is 6. The third kappa shape index (κ3) is 6.86. The number of unbranched alkanes of at least 4 members (excludes halogenated alkanes) is 2. The molecular formula is C18H18Br2N2O6S. The van der Waals surface area contributed by atoms with E-state index in [0.29, 0.717) is 52.1 Å². The summed E-state index contributed by atoms with van der Waals surface area (Å²) in [6, 6.07) is 3.25. The number of imide groups is 1. The number of phenolic OH excluding ortho intramolecular Hbond substituents is 1. The lowest BCUT2D eigenvalue weighted by molar-refractivity contribution is -0.137. The van der Waals surface area contributed by atoms with Gasteiger partial charge in [-0.05, 0) is 58.7 Å². The maximum Gasteiger partial charge on any atom is 0.303 e. The molecule has 0 bridgehead atoms. The van der Waals surface area contributed by atoms with Crippen LogP contribution in [0.25, 0.3) is 6.08 Å². The summed E-state index contributed by atoms with van der Waals surface area (Å²) in [6.45, 7) is -0.0598. The average molecular weight is 550 g/mol. The quantitative estimate of drug-likeness (QED) is 0.317. The summed E-state index contributed by atoms with van der Waals surface area (Å²) in [6.07, 6.45) is 3.27. The average Bonchev–Trinajstić information content (AvgIpc) is 2.89. The fraction of sp³-hybridized carbons (Fsp3) is 0.333. The van der Waals surface area contributed by atoms with Crippen LogP contribution in [0.4, 0.5) is 4.79 Å². The molecule has 0 saturated carbocycles. The Labute approximate surface area is 188 Å². The number of benzene rings is 1. The first-order chi connectivity index (χ1) is 13.7. The van der Waals surface area contributed by atoms with Gasteiger partial charge in [0, 0.05) is 23.0 Å². The van der Waals surface area contributed by atoms with Crippen LogP contribution in [0.15, 0.2) is 26.0 Å². The smallest absolute Gasteiger partial charge is 0.303 e. The number of nitrogens with zero attached hydrogens (tertiary/aromatic N) is 1. The van der Waals surface area contributed by atoms with Gasteiger partial charge >= 0.3 is 5.97 Å². The van der Waals surface area contributed by atoms with Crippen molar-refractivity contribution in [3.05, 3.63) is 31.5 Å². The minimum atomic E-state index is -0.856. The molecule has 3 N–H and O–H groups in total. The number of carboxylic acid groups (broad SMARTS) is 1. The predicted octanol–water partition coefficient (Wildman–Crippen LogP) is 3.71. The first kappa shape index (κ1) is 23.4. The SMILES string of the molecule is O=C(O)CCCCCNC(=O)CN1C(=O)S/C(=C\c2cc(Br)cc(Br)c2O)C1=O. The van der Waals surface area contributed by atoms with E-state index >= 15 is 0 Å². The molecule has 29 heavy (non-hydrogen) atoms. The lowest BCUT2D eigenvalue weighted by atomic mass is 10.2. The Kier molecular flexibility index (Phi) is 8.72. The molecule has 0 radical (unpaired) electrons. The molecule has 1 fully saturated rings. The van der Waals surface area contributed by atoms with Crippen LogP contribution in [-0.4, -0.2) is 51.2 Å². The van der Waals surface area contributed by atoms with Crippen LogP contribution < -0.4 is 5.32 Å². The van der Waals surface area contributed by atoms with Crippen LogP contribution in [-0.2, 0) is 14.4 Å². The Morgan fingerprint density at radius 1 is 1.17 bits per heavy atom. The molecule has 2 rings (SSSR count).